The Hall–Kier alpha value is -0.280. The van der Waals surface area contributed by atoms with Gasteiger partial charge in [0.2, 0.25) is 0 Å². The highest BCUT2D eigenvalue weighted by molar-refractivity contribution is 6.18. The maximum atomic E-state index is 10.6. The van der Waals surface area contributed by atoms with Gasteiger partial charge in [0.1, 0.15) is 0 Å². The van der Waals surface area contributed by atoms with E-state index in [1.807, 2.05) is 6.92 Å². The Balaban J connectivity index is 3.94. The first-order valence-corrected chi connectivity index (χ1v) is 4.63. The zero-order valence-electron chi connectivity index (χ0n) is 7.16. The van der Waals surface area contributed by atoms with Gasteiger partial charge in [-0.25, -0.2) is 0 Å². The fourth-order valence-electron chi connectivity index (χ4n) is 1.01. The lowest BCUT2D eigenvalue weighted by Gasteiger charge is -2.15. The third-order valence-electron chi connectivity index (χ3n) is 1.81. The molecule has 0 saturated heterocycles. The van der Waals surface area contributed by atoms with E-state index in [1.54, 1.807) is 0 Å². The zero-order chi connectivity index (χ0) is 9.56. The summed E-state index contributed by atoms with van der Waals surface area (Å²) in [5.74, 6) is -1.68. The summed E-state index contributed by atoms with van der Waals surface area (Å²) in [6, 6.07) is 0. The molecule has 2 N–H and O–H groups in total. The normalized spacial score (nSPS) is 15.6. The Morgan fingerprint density at radius 1 is 1.58 bits per heavy atom. The maximum absolute atomic E-state index is 10.6. The van der Waals surface area contributed by atoms with Crippen LogP contribution in [0.25, 0.3) is 0 Å². The lowest BCUT2D eigenvalue weighted by atomic mass is 9.97. The van der Waals surface area contributed by atoms with Crippen LogP contribution >= 0.6 is 11.6 Å². The molecular weight excluding hydrogens is 180 g/mol. The highest BCUT2D eigenvalue weighted by atomic mass is 35.5. The highest BCUT2D eigenvalue weighted by Crippen LogP contribution is 2.14. The number of unbranched alkanes of at least 4 members (excludes halogenated alkanes) is 1. The van der Waals surface area contributed by atoms with Gasteiger partial charge in [0.05, 0.1) is 12.0 Å². The lowest BCUT2D eigenvalue weighted by Crippen LogP contribution is -2.29. The monoisotopic (exact) mass is 194 g/mol. The Labute approximate surface area is 77.3 Å². The molecule has 0 amide bonds. The third-order valence-corrected chi connectivity index (χ3v) is 2.12. The predicted octanol–water partition coefficient (Wildman–Crippen LogP) is 1.48. The molecular formula is C8H15ClO3. The van der Waals surface area contributed by atoms with Crippen molar-refractivity contribution in [1.82, 2.24) is 0 Å². The van der Waals surface area contributed by atoms with Crippen molar-refractivity contribution < 1.29 is 15.0 Å². The summed E-state index contributed by atoms with van der Waals surface area (Å²) in [7, 11) is 0. The summed E-state index contributed by atoms with van der Waals surface area (Å²) in [5.41, 5.74) is 0. The van der Waals surface area contributed by atoms with Crippen molar-refractivity contribution >= 4 is 17.6 Å². The molecule has 0 fully saturated rings. The molecule has 0 saturated carbocycles. The van der Waals surface area contributed by atoms with E-state index in [0.29, 0.717) is 6.42 Å². The Bertz CT molecular complexity index is 138. The van der Waals surface area contributed by atoms with Gasteiger partial charge < -0.3 is 10.2 Å². The summed E-state index contributed by atoms with van der Waals surface area (Å²) >= 11 is 5.36. The van der Waals surface area contributed by atoms with Gasteiger partial charge in [-0.05, 0) is 6.42 Å². The van der Waals surface area contributed by atoms with Crippen LogP contribution in [0.2, 0.25) is 0 Å². The first-order chi connectivity index (χ1) is 5.63. The van der Waals surface area contributed by atoms with Crippen LogP contribution < -0.4 is 0 Å². The second kappa shape index (κ2) is 6.26. The highest BCUT2D eigenvalue weighted by Gasteiger charge is 2.24. The molecule has 2 unspecified atom stereocenters. The number of aliphatic carboxylic acids is 1. The standard InChI is InChI=1S/C8H15ClO3/c1-2-3-4-6(8(11)12)7(10)5-9/h6-7,10H,2-5H2,1H3,(H,11,12). The lowest BCUT2D eigenvalue weighted by molar-refractivity contribution is -0.145. The minimum absolute atomic E-state index is 0.0132. The summed E-state index contributed by atoms with van der Waals surface area (Å²) in [6.45, 7) is 1.98. The molecule has 0 aromatic carbocycles. The average Bonchev–Trinajstić information content (AvgIpc) is 2.04. The molecule has 4 heteroatoms. The summed E-state index contributed by atoms with van der Waals surface area (Å²) in [6.07, 6.45) is 1.32. The van der Waals surface area contributed by atoms with E-state index >= 15 is 0 Å². The molecule has 0 spiro atoms. The van der Waals surface area contributed by atoms with Crippen LogP contribution in [0.3, 0.4) is 0 Å². The van der Waals surface area contributed by atoms with Crippen molar-refractivity contribution in [2.45, 2.75) is 32.3 Å². The van der Waals surface area contributed by atoms with Crippen molar-refractivity contribution in [3.05, 3.63) is 0 Å². The zero-order valence-corrected chi connectivity index (χ0v) is 7.92. The maximum Gasteiger partial charge on any atom is 0.309 e. The van der Waals surface area contributed by atoms with E-state index < -0.39 is 18.0 Å². The van der Waals surface area contributed by atoms with E-state index in [9.17, 15) is 9.90 Å². The molecule has 0 aliphatic heterocycles. The van der Waals surface area contributed by atoms with E-state index in [1.165, 1.54) is 0 Å². The molecule has 0 aliphatic carbocycles. The smallest absolute Gasteiger partial charge is 0.309 e. The molecule has 3 nitrogen and oxygen atoms in total. The number of hydrogen-bond acceptors (Lipinski definition) is 2. The van der Waals surface area contributed by atoms with Gasteiger partial charge in [-0.3, -0.25) is 4.79 Å². The largest absolute Gasteiger partial charge is 0.481 e. The number of carboxylic acid groups (broad SMARTS) is 1. The van der Waals surface area contributed by atoms with Crippen LogP contribution in [0.15, 0.2) is 0 Å². The first-order valence-electron chi connectivity index (χ1n) is 4.10. The van der Waals surface area contributed by atoms with Crippen LogP contribution in [0.5, 0.6) is 0 Å². The van der Waals surface area contributed by atoms with Gasteiger partial charge in [-0.15, -0.1) is 11.6 Å². The molecule has 0 aliphatic rings. The number of carboxylic acids is 1. The van der Waals surface area contributed by atoms with E-state index in [4.69, 9.17) is 16.7 Å². The molecule has 12 heavy (non-hydrogen) atoms. The second-order valence-electron chi connectivity index (χ2n) is 2.81. The van der Waals surface area contributed by atoms with Crippen molar-refractivity contribution in [3.63, 3.8) is 0 Å². The molecule has 0 radical (unpaired) electrons. The van der Waals surface area contributed by atoms with Crippen molar-refractivity contribution in [1.29, 1.82) is 0 Å². The Morgan fingerprint density at radius 2 is 2.17 bits per heavy atom. The second-order valence-corrected chi connectivity index (χ2v) is 3.12. The number of carbonyl (C=O) groups is 1. The van der Waals surface area contributed by atoms with E-state index in [-0.39, 0.29) is 5.88 Å². The van der Waals surface area contributed by atoms with Crippen LogP contribution in [0, 0.1) is 5.92 Å². The van der Waals surface area contributed by atoms with Crippen LogP contribution in [0.1, 0.15) is 26.2 Å². The summed E-state index contributed by atoms with van der Waals surface area (Å²) in [5, 5.41) is 17.9. The molecule has 2 atom stereocenters. The van der Waals surface area contributed by atoms with Gasteiger partial charge in [0.25, 0.3) is 0 Å². The Kier molecular flexibility index (Phi) is 6.11. The Morgan fingerprint density at radius 3 is 2.50 bits per heavy atom. The molecule has 0 aromatic heterocycles. The fraction of sp³-hybridized carbons (Fsp3) is 0.875. The quantitative estimate of drug-likeness (QED) is 0.630. The minimum Gasteiger partial charge on any atom is -0.481 e. The molecule has 72 valence electrons. The van der Waals surface area contributed by atoms with Crippen molar-refractivity contribution in [2.75, 3.05) is 5.88 Å². The summed E-state index contributed by atoms with van der Waals surface area (Å²) < 4.78 is 0. The third kappa shape index (κ3) is 3.93. The van der Waals surface area contributed by atoms with Gasteiger partial charge in [0.15, 0.2) is 0 Å². The van der Waals surface area contributed by atoms with Crippen LogP contribution in [0.4, 0.5) is 0 Å². The molecule has 0 aromatic rings. The summed E-state index contributed by atoms with van der Waals surface area (Å²) in [4.78, 5) is 10.6. The number of rotatable bonds is 6. The van der Waals surface area contributed by atoms with Crippen molar-refractivity contribution in [3.8, 4) is 0 Å². The molecule has 0 heterocycles. The molecule has 0 bridgehead atoms. The van der Waals surface area contributed by atoms with Gasteiger partial charge in [-0.2, -0.15) is 0 Å². The van der Waals surface area contributed by atoms with Crippen LogP contribution in [-0.2, 0) is 4.79 Å². The van der Waals surface area contributed by atoms with E-state index in [2.05, 4.69) is 0 Å². The van der Waals surface area contributed by atoms with E-state index in [0.717, 1.165) is 12.8 Å². The van der Waals surface area contributed by atoms with Gasteiger partial charge in [-0.1, -0.05) is 19.8 Å². The number of alkyl halides is 1. The van der Waals surface area contributed by atoms with Gasteiger partial charge in [0, 0.05) is 5.88 Å². The van der Waals surface area contributed by atoms with Crippen molar-refractivity contribution in [2.24, 2.45) is 5.92 Å². The number of hydrogen-bond donors (Lipinski definition) is 2. The molecule has 0 rings (SSSR count). The fourth-order valence-corrected chi connectivity index (χ4v) is 1.23. The predicted molar refractivity (Wildman–Crippen MR) is 47.4 cm³/mol. The first kappa shape index (κ1) is 11.7. The number of aliphatic hydroxyl groups excluding tert-OH is 1. The SMILES string of the molecule is CCCCC(C(=O)O)C(O)CCl. The minimum atomic E-state index is -0.961. The van der Waals surface area contributed by atoms with Gasteiger partial charge >= 0.3 is 5.97 Å². The average molecular weight is 195 g/mol. The van der Waals surface area contributed by atoms with Crippen LogP contribution in [-0.4, -0.2) is 28.2 Å². The number of aliphatic hydroxyl groups is 1. The topological polar surface area (TPSA) is 57.5 Å². The number of halogens is 1.